The van der Waals surface area contributed by atoms with E-state index in [0.717, 1.165) is 16.6 Å². The summed E-state index contributed by atoms with van der Waals surface area (Å²) in [4.78, 5) is 0. The molecule has 2 rings (SSSR count). The highest BCUT2D eigenvalue weighted by Gasteiger charge is 2.33. The van der Waals surface area contributed by atoms with Crippen LogP contribution in [0, 0.1) is 0 Å². The van der Waals surface area contributed by atoms with Crippen LogP contribution in [-0.4, -0.2) is 27.7 Å². The molecule has 1 aromatic rings. The molecule has 90 valence electrons. The molecule has 1 aliphatic rings. The van der Waals surface area contributed by atoms with Crippen LogP contribution in [0.25, 0.3) is 0 Å². The molecule has 1 heterocycles. The molecule has 1 N–H and O–H groups in total. The van der Waals surface area contributed by atoms with Crippen molar-refractivity contribution in [3.8, 4) is 0 Å². The lowest BCUT2D eigenvalue weighted by atomic mass is 9.90. The number of methoxy groups -OCH3 is 1. The summed E-state index contributed by atoms with van der Waals surface area (Å²) in [5, 5.41) is 0. The smallest absolute Gasteiger partial charge is 0.250 e. The van der Waals surface area contributed by atoms with Gasteiger partial charge in [0, 0.05) is 13.2 Å². The van der Waals surface area contributed by atoms with Gasteiger partial charge in [-0.1, -0.05) is 0 Å². The Morgan fingerprint density at radius 1 is 1.50 bits per heavy atom. The fourth-order valence-electron chi connectivity index (χ4n) is 1.57. The topological polar surface area (TPSA) is 55.4 Å². The van der Waals surface area contributed by atoms with Gasteiger partial charge in [-0.3, -0.25) is 0 Å². The van der Waals surface area contributed by atoms with Gasteiger partial charge in [-0.15, -0.1) is 11.3 Å². The SMILES string of the molecule is COC1CC(NS(=O)(=O)c2ccc(Br)s2)C1. The lowest BCUT2D eigenvalue weighted by Gasteiger charge is -2.34. The van der Waals surface area contributed by atoms with E-state index in [1.807, 2.05) is 0 Å². The Kier molecular flexibility index (Phi) is 3.70. The maximum absolute atomic E-state index is 11.9. The summed E-state index contributed by atoms with van der Waals surface area (Å²) in [5.74, 6) is 0. The Balaban J connectivity index is 1.99. The summed E-state index contributed by atoms with van der Waals surface area (Å²) < 4.78 is 32.7. The van der Waals surface area contributed by atoms with E-state index < -0.39 is 10.0 Å². The van der Waals surface area contributed by atoms with E-state index in [9.17, 15) is 8.42 Å². The van der Waals surface area contributed by atoms with Gasteiger partial charge < -0.3 is 4.74 Å². The van der Waals surface area contributed by atoms with Crippen LogP contribution in [0.4, 0.5) is 0 Å². The predicted molar refractivity (Wildman–Crippen MR) is 66.2 cm³/mol. The van der Waals surface area contributed by atoms with Crippen LogP contribution in [-0.2, 0) is 14.8 Å². The minimum atomic E-state index is -3.35. The summed E-state index contributed by atoms with van der Waals surface area (Å²) in [5.41, 5.74) is 0. The first-order valence-electron chi connectivity index (χ1n) is 4.82. The lowest BCUT2D eigenvalue weighted by Crippen LogP contribution is -2.47. The molecule has 16 heavy (non-hydrogen) atoms. The second-order valence-electron chi connectivity index (χ2n) is 3.71. The van der Waals surface area contributed by atoms with Crippen molar-refractivity contribution in [2.45, 2.75) is 29.2 Å². The zero-order chi connectivity index (χ0) is 11.8. The Morgan fingerprint density at radius 2 is 2.19 bits per heavy atom. The third-order valence-electron chi connectivity index (χ3n) is 2.56. The zero-order valence-electron chi connectivity index (χ0n) is 8.64. The van der Waals surface area contributed by atoms with Crippen molar-refractivity contribution in [1.29, 1.82) is 0 Å². The molecule has 0 radical (unpaired) electrons. The molecule has 7 heteroatoms. The number of thiophene rings is 1. The van der Waals surface area contributed by atoms with Gasteiger partial charge in [-0.05, 0) is 40.9 Å². The molecule has 0 spiro atoms. The summed E-state index contributed by atoms with van der Waals surface area (Å²) in [6.07, 6.45) is 1.70. The number of halogens is 1. The normalized spacial score (nSPS) is 25.4. The standard InChI is InChI=1S/C9H12BrNO3S2/c1-14-7-4-6(5-7)11-16(12,13)9-3-2-8(10)15-9/h2-3,6-7,11H,4-5H2,1H3. The van der Waals surface area contributed by atoms with E-state index in [2.05, 4.69) is 20.7 Å². The third kappa shape index (κ3) is 2.65. The number of rotatable bonds is 4. The van der Waals surface area contributed by atoms with Gasteiger partial charge in [-0.2, -0.15) is 0 Å². The maximum Gasteiger partial charge on any atom is 0.250 e. The Morgan fingerprint density at radius 3 is 2.69 bits per heavy atom. The predicted octanol–water partition coefficient (Wildman–Crippen LogP) is 1.97. The molecule has 0 bridgehead atoms. The fraction of sp³-hybridized carbons (Fsp3) is 0.556. The highest BCUT2D eigenvalue weighted by molar-refractivity contribution is 9.11. The maximum atomic E-state index is 11.9. The number of nitrogens with one attached hydrogen (secondary N) is 1. The fourth-order valence-corrected chi connectivity index (χ4v) is 4.86. The van der Waals surface area contributed by atoms with Gasteiger partial charge in [0.25, 0.3) is 0 Å². The van der Waals surface area contributed by atoms with Crippen LogP contribution in [0.5, 0.6) is 0 Å². The Hall–Kier alpha value is 0.0500. The Bertz CT molecular complexity index is 465. The quantitative estimate of drug-likeness (QED) is 0.920. The molecule has 0 amide bonds. The highest BCUT2D eigenvalue weighted by Crippen LogP contribution is 2.28. The van der Waals surface area contributed by atoms with Crippen molar-refractivity contribution in [3.63, 3.8) is 0 Å². The summed E-state index contributed by atoms with van der Waals surface area (Å²) >= 11 is 4.46. The van der Waals surface area contributed by atoms with Gasteiger partial charge in [0.05, 0.1) is 9.89 Å². The number of hydrogen-bond donors (Lipinski definition) is 1. The van der Waals surface area contributed by atoms with Gasteiger partial charge in [0.1, 0.15) is 4.21 Å². The highest BCUT2D eigenvalue weighted by atomic mass is 79.9. The monoisotopic (exact) mass is 325 g/mol. The van der Waals surface area contributed by atoms with Crippen LogP contribution in [0.3, 0.4) is 0 Å². The first kappa shape index (κ1) is 12.5. The van der Waals surface area contributed by atoms with E-state index in [1.165, 1.54) is 11.3 Å². The summed E-state index contributed by atoms with van der Waals surface area (Å²) in [6.45, 7) is 0. The van der Waals surface area contributed by atoms with Crippen LogP contribution in [0.15, 0.2) is 20.1 Å². The van der Waals surface area contributed by atoms with Crippen molar-refractivity contribution in [2.75, 3.05) is 7.11 Å². The molecule has 0 unspecified atom stereocenters. The van der Waals surface area contributed by atoms with Gasteiger partial charge in [0.2, 0.25) is 10.0 Å². The van der Waals surface area contributed by atoms with Crippen molar-refractivity contribution in [1.82, 2.24) is 4.72 Å². The van der Waals surface area contributed by atoms with E-state index in [0.29, 0.717) is 4.21 Å². The molecule has 1 fully saturated rings. The molecule has 1 aliphatic carbocycles. The molecular weight excluding hydrogens is 314 g/mol. The van der Waals surface area contributed by atoms with Crippen molar-refractivity contribution < 1.29 is 13.2 Å². The molecule has 0 atom stereocenters. The van der Waals surface area contributed by atoms with E-state index in [1.54, 1.807) is 19.2 Å². The van der Waals surface area contributed by atoms with Crippen molar-refractivity contribution in [3.05, 3.63) is 15.9 Å². The molecular formula is C9H12BrNO3S2. The Labute approximate surface area is 107 Å². The van der Waals surface area contributed by atoms with Gasteiger partial charge in [0.15, 0.2) is 0 Å². The van der Waals surface area contributed by atoms with E-state index in [-0.39, 0.29) is 12.1 Å². The van der Waals surface area contributed by atoms with Gasteiger partial charge in [-0.25, -0.2) is 13.1 Å². The molecule has 0 aliphatic heterocycles. The minimum Gasteiger partial charge on any atom is -0.381 e. The van der Waals surface area contributed by atoms with E-state index in [4.69, 9.17) is 4.74 Å². The molecule has 1 aromatic heterocycles. The second-order valence-corrected chi connectivity index (χ2v) is 8.11. The number of hydrogen-bond acceptors (Lipinski definition) is 4. The van der Waals surface area contributed by atoms with Gasteiger partial charge >= 0.3 is 0 Å². The third-order valence-corrected chi connectivity index (χ3v) is 6.20. The molecule has 4 nitrogen and oxygen atoms in total. The average Bonchev–Trinajstić information content (AvgIpc) is 2.58. The van der Waals surface area contributed by atoms with E-state index >= 15 is 0 Å². The second kappa shape index (κ2) is 4.73. The molecule has 0 aromatic carbocycles. The average molecular weight is 326 g/mol. The zero-order valence-corrected chi connectivity index (χ0v) is 11.9. The lowest BCUT2D eigenvalue weighted by molar-refractivity contribution is 0.0236. The molecule has 0 saturated heterocycles. The molecule has 1 saturated carbocycles. The first-order valence-corrected chi connectivity index (χ1v) is 7.91. The summed E-state index contributed by atoms with van der Waals surface area (Å²) in [7, 11) is -1.70. The number of ether oxygens (including phenoxy) is 1. The van der Waals surface area contributed by atoms with Crippen LogP contribution in [0.1, 0.15) is 12.8 Å². The first-order chi connectivity index (χ1) is 7.51. The van der Waals surface area contributed by atoms with Crippen LogP contribution < -0.4 is 4.72 Å². The van der Waals surface area contributed by atoms with Crippen molar-refractivity contribution in [2.24, 2.45) is 0 Å². The number of sulfonamides is 1. The van der Waals surface area contributed by atoms with Crippen molar-refractivity contribution >= 4 is 37.3 Å². The largest absolute Gasteiger partial charge is 0.381 e. The minimum absolute atomic E-state index is 0.0100. The summed E-state index contributed by atoms with van der Waals surface area (Å²) in [6, 6.07) is 3.34. The van der Waals surface area contributed by atoms with Crippen LogP contribution >= 0.6 is 27.3 Å². The van der Waals surface area contributed by atoms with Crippen LogP contribution in [0.2, 0.25) is 0 Å².